The minimum absolute atomic E-state index is 0.000288. The van der Waals surface area contributed by atoms with Gasteiger partial charge in [0.2, 0.25) is 22.6 Å². The molecule has 0 unspecified atom stereocenters. The zero-order valence-corrected chi connectivity index (χ0v) is 19.5. The number of sulfonamides is 1. The minimum atomic E-state index is -4.23. The molecule has 0 fully saturated rings. The highest BCUT2D eigenvalue weighted by Crippen LogP contribution is 2.52. The Morgan fingerprint density at radius 3 is 2.82 bits per heavy atom. The van der Waals surface area contributed by atoms with Crippen molar-refractivity contribution in [1.29, 1.82) is 5.26 Å². The standard InChI is InChI=1S/C19H15ClN4O7S2/c1-9-13(20)19(31-23-9)24(18(25)17-12(4-6-32-17)33(22,26)27)14-10(3-5-21)7-11-15(16(14)28-2)30-8-29-11/h4,6-7H,3,8H2,1-2H3,(H2,22,26,27). The molecular formula is C19H15ClN4O7S2. The van der Waals surface area contributed by atoms with Crippen molar-refractivity contribution in [3.8, 4) is 23.3 Å². The molecule has 3 aromatic rings. The van der Waals surface area contributed by atoms with E-state index in [1.165, 1.54) is 24.6 Å². The van der Waals surface area contributed by atoms with Crippen LogP contribution in [0.25, 0.3) is 0 Å². The van der Waals surface area contributed by atoms with Crippen molar-refractivity contribution >= 4 is 50.4 Å². The number of ether oxygens (including phenoxy) is 3. The number of hydrogen-bond donors (Lipinski definition) is 1. The predicted octanol–water partition coefficient (Wildman–Crippen LogP) is 3.13. The van der Waals surface area contributed by atoms with E-state index in [2.05, 4.69) is 5.16 Å². The maximum absolute atomic E-state index is 13.8. The zero-order valence-electron chi connectivity index (χ0n) is 17.1. The van der Waals surface area contributed by atoms with Gasteiger partial charge in [-0.3, -0.25) is 4.79 Å². The van der Waals surface area contributed by atoms with Crippen molar-refractivity contribution in [2.75, 3.05) is 18.8 Å². The smallest absolute Gasteiger partial charge is 0.276 e. The van der Waals surface area contributed by atoms with Crippen molar-refractivity contribution in [3.63, 3.8) is 0 Å². The van der Waals surface area contributed by atoms with Gasteiger partial charge in [0.05, 0.1) is 19.6 Å². The summed E-state index contributed by atoms with van der Waals surface area (Å²) in [4.78, 5) is 14.2. The Balaban J connectivity index is 2.05. The first-order chi connectivity index (χ1) is 15.7. The van der Waals surface area contributed by atoms with E-state index in [0.29, 0.717) is 11.3 Å². The summed E-state index contributed by atoms with van der Waals surface area (Å²) in [5, 5.41) is 19.9. The topological polar surface area (TPSA) is 158 Å². The number of nitrogens with two attached hydrogens (primary N) is 1. The van der Waals surface area contributed by atoms with Gasteiger partial charge in [-0.2, -0.15) is 5.26 Å². The molecule has 3 heterocycles. The maximum Gasteiger partial charge on any atom is 0.276 e. The molecule has 0 saturated carbocycles. The first-order valence-electron chi connectivity index (χ1n) is 9.12. The molecule has 0 aliphatic carbocycles. The van der Waals surface area contributed by atoms with E-state index < -0.39 is 15.9 Å². The third kappa shape index (κ3) is 3.87. The number of methoxy groups -OCH3 is 1. The Morgan fingerprint density at radius 2 is 2.21 bits per heavy atom. The van der Waals surface area contributed by atoms with Crippen LogP contribution in [0.15, 0.2) is 26.9 Å². The number of aryl methyl sites for hydroxylation is 1. The molecule has 1 aliphatic rings. The Labute approximate surface area is 196 Å². The van der Waals surface area contributed by atoms with E-state index in [1.54, 1.807) is 6.92 Å². The van der Waals surface area contributed by atoms with Gasteiger partial charge in [-0.15, -0.1) is 11.3 Å². The number of hydrogen-bond acceptors (Lipinski definition) is 10. The lowest BCUT2D eigenvalue weighted by Gasteiger charge is -2.25. The fraction of sp³-hybridized carbons (Fsp3) is 0.211. The highest BCUT2D eigenvalue weighted by atomic mass is 35.5. The number of nitriles is 1. The summed E-state index contributed by atoms with van der Waals surface area (Å²) in [6.45, 7) is 1.46. The average Bonchev–Trinajstić information content (AvgIpc) is 3.50. The Hall–Kier alpha value is -3.31. The van der Waals surface area contributed by atoms with Crippen molar-refractivity contribution in [3.05, 3.63) is 38.7 Å². The van der Waals surface area contributed by atoms with Gasteiger partial charge in [0, 0.05) is 0 Å². The normalized spacial score (nSPS) is 12.5. The average molecular weight is 511 g/mol. The second-order valence-electron chi connectivity index (χ2n) is 6.67. The van der Waals surface area contributed by atoms with Crippen molar-refractivity contribution in [2.45, 2.75) is 18.2 Å². The van der Waals surface area contributed by atoms with Gasteiger partial charge in [0.15, 0.2) is 11.5 Å². The van der Waals surface area contributed by atoms with Crippen LogP contribution in [0.2, 0.25) is 5.02 Å². The van der Waals surface area contributed by atoms with Crippen LogP contribution < -0.4 is 24.2 Å². The summed E-state index contributed by atoms with van der Waals surface area (Å²) >= 11 is 7.24. The number of rotatable bonds is 6. The maximum atomic E-state index is 13.8. The molecule has 4 rings (SSSR count). The number of primary sulfonamides is 1. The summed E-state index contributed by atoms with van der Waals surface area (Å²) < 4.78 is 46.0. The second kappa shape index (κ2) is 8.56. The quantitative estimate of drug-likeness (QED) is 0.525. The second-order valence-corrected chi connectivity index (χ2v) is 9.50. The molecule has 0 radical (unpaired) electrons. The Kier molecular flexibility index (Phi) is 5.93. The number of carbonyl (C=O) groups excluding carboxylic acids is 1. The lowest BCUT2D eigenvalue weighted by molar-refractivity contribution is 0.0994. The fourth-order valence-corrected chi connectivity index (χ4v) is 5.32. The molecule has 1 aliphatic heterocycles. The number of aromatic nitrogens is 1. The first-order valence-corrected chi connectivity index (χ1v) is 11.9. The number of anilines is 2. The van der Waals surface area contributed by atoms with E-state index in [9.17, 15) is 18.5 Å². The van der Waals surface area contributed by atoms with Gasteiger partial charge in [-0.25, -0.2) is 18.5 Å². The highest BCUT2D eigenvalue weighted by molar-refractivity contribution is 7.89. The first kappa shape index (κ1) is 22.9. The largest absolute Gasteiger partial charge is 0.491 e. The zero-order chi connectivity index (χ0) is 23.9. The molecule has 2 N–H and O–H groups in total. The van der Waals surface area contributed by atoms with Crippen molar-refractivity contribution in [1.82, 2.24) is 5.16 Å². The van der Waals surface area contributed by atoms with Crippen LogP contribution in [0.5, 0.6) is 17.2 Å². The lowest BCUT2D eigenvalue weighted by atomic mass is 10.1. The van der Waals surface area contributed by atoms with Gasteiger partial charge in [-0.1, -0.05) is 16.8 Å². The summed E-state index contributed by atoms with van der Waals surface area (Å²) in [7, 11) is -2.89. The van der Waals surface area contributed by atoms with Gasteiger partial charge in [0.25, 0.3) is 11.8 Å². The molecule has 172 valence electrons. The van der Waals surface area contributed by atoms with Gasteiger partial charge >= 0.3 is 0 Å². The van der Waals surface area contributed by atoms with Crippen molar-refractivity contribution in [2.24, 2.45) is 5.14 Å². The predicted molar refractivity (Wildman–Crippen MR) is 117 cm³/mol. The van der Waals surface area contributed by atoms with Crippen LogP contribution in [0, 0.1) is 18.3 Å². The molecule has 1 aromatic carbocycles. The van der Waals surface area contributed by atoms with Crippen LogP contribution >= 0.6 is 22.9 Å². The lowest BCUT2D eigenvalue weighted by Crippen LogP contribution is -2.29. The molecule has 33 heavy (non-hydrogen) atoms. The van der Waals surface area contributed by atoms with E-state index in [0.717, 1.165) is 16.2 Å². The summed E-state index contributed by atoms with van der Waals surface area (Å²) in [5.74, 6) is -0.484. The van der Waals surface area contributed by atoms with Crippen LogP contribution in [-0.2, 0) is 16.4 Å². The van der Waals surface area contributed by atoms with Crippen LogP contribution in [0.3, 0.4) is 0 Å². The molecular weight excluding hydrogens is 496 g/mol. The fourth-order valence-electron chi connectivity index (χ4n) is 3.27. The number of thiophene rings is 1. The van der Waals surface area contributed by atoms with Crippen LogP contribution in [0.1, 0.15) is 20.9 Å². The summed E-state index contributed by atoms with van der Waals surface area (Å²) in [6.07, 6.45) is -0.163. The molecule has 0 bridgehead atoms. The Bertz CT molecular complexity index is 1410. The number of benzene rings is 1. The number of fused-ring (bicyclic) bond motifs is 1. The minimum Gasteiger partial charge on any atom is -0.491 e. The summed E-state index contributed by atoms with van der Waals surface area (Å²) in [5.41, 5.74) is 0.648. The SMILES string of the molecule is COc1c2c(cc(CC#N)c1N(C(=O)c1sccc1S(N)(=O)=O)c1onc(C)c1Cl)OCO2. The number of amides is 1. The van der Waals surface area contributed by atoms with Crippen LogP contribution in [0.4, 0.5) is 11.6 Å². The molecule has 11 nitrogen and oxygen atoms in total. The van der Waals surface area contributed by atoms with E-state index >= 15 is 0 Å². The molecule has 0 saturated heterocycles. The van der Waals surface area contributed by atoms with E-state index in [4.69, 9.17) is 35.5 Å². The Morgan fingerprint density at radius 1 is 1.45 bits per heavy atom. The third-order valence-electron chi connectivity index (χ3n) is 4.68. The van der Waals surface area contributed by atoms with Gasteiger partial charge in [-0.05, 0) is 30.0 Å². The molecule has 0 atom stereocenters. The number of halogens is 1. The third-order valence-corrected chi connectivity index (χ3v) is 7.10. The molecule has 1 amide bonds. The van der Waals surface area contributed by atoms with Crippen LogP contribution in [-0.4, -0.2) is 33.4 Å². The monoisotopic (exact) mass is 510 g/mol. The van der Waals surface area contributed by atoms with E-state index in [-0.39, 0.29) is 56.8 Å². The van der Waals surface area contributed by atoms with Gasteiger partial charge < -0.3 is 18.7 Å². The highest BCUT2D eigenvalue weighted by Gasteiger charge is 2.37. The van der Waals surface area contributed by atoms with Gasteiger partial charge in [0.1, 0.15) is 26.2 Å². The number of nitrogens with zero attached hydrogens (tertiary/aromatic N) is 3. The van der Waals surface area contributed by atoms with Crippen molar-refractivity contribution < 1.29 is 31.9 Å². The summed E-state index contributed by atoms with van der Waals surface area (Å²) in [6, 6.07) is 4.76. The molecule has 2 aromatic heterocycles. The van der Waals surface area contributed by atoms with E-state index in [1.807, 2.05) is 6.07 Å². The molecule has 14 heteroatoms. The molecule has 0 spiro atoms. The number of carbonyl (C=O) groups is 1.